The molecule has 0 aliphatic heterocycles. The maximum absolute atomic E-state index is 11.9. The third-order valence-electron chi connectivity index (χ3n) is 4.90. The average molecular weight is 619 g/mol. The highest BCUT2D eigenvalue weighted by molar-refractivity contribution is 7.85. The molecule has 0 heterocycles. The van der Waals surface area contributed by atoms with Crippen LogP contribution in [0, 0.1) is 0 Å². The number of rotatable bonds is 8. The Bertz CT molecular complexity index is 1440. The van der Waals surface area contributed by atoms with Crippen LogP contribution in [0.15, 0.2) is 71.6 Å². The van der Waals surface area contributed by atoms with E-state index in [1.54, 1.807) is 0 Å². The molecule has 228 valence electrons. The molecule has 0 amide bonds. The number of carbonyl (C=O) groups excluding carboxylic acids is 2. The Labute approximate surface area is 253 Å². The molecule has 0 aliphatic rings. The molecule has 0 saturated carbocycles. The third kappa shape index (κ3) is 13.4. The van der Waals surface area contributed by atoms with Crippen LogP contribution in [-0.4, -0.2) is 55.6 Å². The van der Waals surface area contributed by atoms with Crippen molar-refractivity contribution in [3.63, 3.8) is 0 Å². The van der Waals surface area contributed by atoms with Gasteiger partial charge in [0.2, 0.25) is 0 Å². The lowest BCUT2D eigenvalue weighted by Gasteiger charge is -2.19. The second kappa shape index (κ2) is 14.6. The van der Waals surface area contributed by atoms with Crippen LogP contribution >= 0.6 is 12.6 Å². The van der Waals surface area contributed by atoms with Gasteiger partial charge in [-0.3, -0.25) is 4.55 Å². The van der Waals surface area contributed by atoms with Gasteiger partial charge in [0.15, 0.2) is 13.2 Å². The Morgan fingerprint density at radius 2 is 1.10 bits per heavy atom. The number of benzene rings is 3. The van der Waals surface area contributed by atoms with E-state index in [-0.39, 0.29) is 13.2 Å². The summed E-state index contributed by atoms with van der Waals surface area (Å²) in [5.41, 5.74) is 2.78. The molecule has 42 heavy (non-hydrogen) atoms. The second-order valence-corrected chi connectivity index (χ2v) is 13.2. The van der Waals surface area contributed by atoms with E-state index in [0.29, 0.717) is 17.8 Å². The van der Waals surface area contributed by atoms with E-state index in [4.69, 9.17) is 36.1 Å². The summed E-state index contributed by atoms with van der Waals surface area (Å²) in [5, 5.41) is 0. The fourth-order valence-corrected chi connectivity index (χ4v) is 3.89. The number of thiol groups is 1. The molecule has 0 bridgehead atoms. The van der Waals surface area contributed by atoms with Crippen LogP contribution in [0.25, 0.3) is 22.3 Å². The van der Waals surface area contributed by atoms with Crippen molar-refractivity contribution in [3.05, 3.63) is 66.7 Å². The van der Waals surface area contributed by atoms with Crippen LogP contribution in [0.5, 0.6) is 11.5 Å². The molecule has 9 nitrogen and oxygen atoms in total. The Hall–Kier alpha value is -3.54. The molecular weight excluding hydrogens is 580 g/mol. The first-order chi connectivity index (χ1) is 19.3. The zero-order valence-corrected chi connectivity index (χ0v) is 26.5. The summed E-state index contributed by atoms with van der Waals surface area (Å²) in [6, 6.07) is 20.9. The summed E-state index contributed by atoms with van der Waals surface area (Å²) >= 11 is 4.70. The summed E-state index contributed by atoms with van der Waals surface area (Å²) in [6.45, 7) is 10.6. The van der Waals surface area contributed by atoms with Crippen LogP contribution in [0.2, 0.25) is 0 Å². The quantitative estimate of drug-likeness (QED) is 0.171. The molecule has 0 unspecified atom stereocenters. The molecule has 0 fully saturated rings. The third-order valence-corrected chi connectivity index (χ3v) is 5.28. The smallest absolute Gasteiger partial charge is 0.344 e. The van der Waals surface area contributed by atoms with Crippen molar-refractivity contribution in [1.82, 2.24) is 0 Å². The Balaban J connectivity index is 0.00000113. The number of hydrogen-bond acceptors (Lipinski definition) is 9. The molecule has 11 heteroatoms. The highest BCUT2D eigenvalue weighted by Crippen LogP contribution is 2.38. The van der Waals surface area contributed by atoms with Crippen LogP contribution < -0.4 is 9.47 Å². The summed E-state index contributed by atoms with van der Waals surface area (Å²) < 4.78 is 47.6. The minimum atomic E-state index is -3.67. The molecule has 0 radical (unpaired) electrons. The van der Waals surface area contributed by atoms with Crippen molar-refractivity contribution < 1.29 is 41.5 Å². The van der Waals surface area contributed by atoms with Gasteiger partial charge < -0.3 is 18.9 Å². The van der Waals surface area contributed by atoms with Crippen LogP contribution in [0.1, 0.15) is 41.5 Å². The fourth-order valence-electron chi connectivity index (χ4n) is 3.56. The van der Waals surface area contributed by atoms with Gasteiger partial charge in [0, 0.05) is 10.5 Å². The highest BCUT2D eigenvalue weighted by atomic mass is 32.2. The lowest BCUT2D eigenvalue weighted by Crippen LogP contribution is -2.27. The van der Waals surface area contributed by atoms with Gasteiger partial charge in [0.05, 0.1) is 6.26 Å². The van der Waals surface area contributed by atoms with Crippen molar-refractivity contribution in [3.8, 4) is 33.8 Å². The van der Waals surface area contributed by atoms with Crippen molar-refractivity contribution in [2.24, 2.45) is 0 Å². The number of carbonyl (C=O) groups is 2. The van der Waals surface area contributed by atoms with Gasteiger partial charge in [-0.25, -0.2) is 9.59 Å². The van der Waals surface area contributed by atoms with Crippen LogP contribution in [-0.2, 0) is 29.2 Å². The standard InChI is InChI=1S/C30H34O6S.CH4O3S/c1-29(2,3)35-26(31)18-33-22-14-10-20(11-15-22)24-8-7-9-25(37)28(24)21-12-16-23(17-13-21)34-19-27(32)36-30(4,5)6;1-5(2,3)4/h7-17,37H,18-19H2,1-6H3;1H3,(H,2,3,4). The predicted molar refractivity (Wildman–Crippen MR) is 165 cm³/mol. The molecule has 3 aromatic rings. The van der Waals surface area contributed by atoms with E-state index < -0.39 is 33.3 Å². The van der Waals surface area contributed by atoms with E-state index in [0.717, 1.165) is 27.1 Å². The number of esters is 2. The molecular formula is C31H38O9S2. The maximum atomic E-state index is 11.9. The molecule has 0 spiro atoms. The highest BCUT2D eigenvalue weighted by Gasteiger charge is 2.18. The number of ether oxygens (including phenoxy) is 4. The Morgan fingerprint density at radius 1 is 0.714 bits per heavy atom. The van der Waals surface area contributed by atoms with Gasteiger partial charge in [-0.2, -0.15) is 8.42 Å². The topological polar surface area (TPSA) is 125 Å². The van der Waals surface area contributed by atoms with Crippen LogP contribution in [0.4, 0.5) is 0 Å². The Kier molecular flexibility index (Phi) is 12.0. The average Bonchev–Trinajstić information content (AvgIpc) is 2.84. The van der Waals surface area contributed by atoms with Gasteiger partial charge in [-0.1, -0.05) is 36.4 Å². The number of hydrogen-bond donors (Lipinski definition) is 2. The summed E-state index contributed by atoms with van der Waals surface area (Å²) in [5.74, 6) is 0.308. The van der Waals surface area contributed by atoms with Gasteiger partial charge in [0.25, 0.3) is 10.1 Å². The molecule has 0 aromatic heterocycles. The van der Waals surface area contributed by atoms with Gasteiger partial charge in [0.1, 0.15) is 22.7 Å². The molecule has 0 saturated heterocycles. The van der Waals surface area contributed by atoms with E-state index in [2.05, 4.69) is 0 Å². The maximum Gasteiger partial charge on any atom is 0.344 e. The van der Waals surface area contributed by atoms with Crippen LogP contribution in [0.3, 0.4) is 0 Å². The van der Waals surface area contributed by atoms with Gasteiger partial charge >= 0.3 is 11.9 Å². The molecule has 1 N–H and O–H groups in total. The van der Waals surface area contributed by atoms with Gasteiger partial charge in [-0.15, -0.1) is 12.6 Å². The monoisotopic (exact) mass is 618 g/mol. The van der Waals surface area contributed by atoms with Crippen molar-refractivity contribution >= 4 is 34.7 Å². The van der Waals surface area contributed by atoms with E-state index in [1.807, 2.05) is 108 Å². The first-order valence-electron chi connectivity index (χ1n) is 13.0. The summed E-state index contributed by atoms with van der Waals surface area (Å²) in [4.78, 5) is 24.7. The summed E-state index contributed by atoms with van der Waals surface area (Å²) in [7, 11) is -3.67. The lowest BCUT2D eigenvalue weighted by atomic mass is 9.94. The Morgan fingerprint density at radius 3 is 1.48 bits per heavy atom. The summed E-state index contributed by atoms with van der Waals surface area (Å²) in [6.07, 6.45) is 0.715. The zero-order valence-electron chi connectivity index (χ0n) is 24.8. The minimum Gasteiger partial charge on any atom is -0.482 e. The SMILES string of the molecule is CC(C)(C)OC(=O)COc1ccc(-c2cccc(S)c2-c2ccc(OCC(=O)OC(C)(C)C)cc2)cc1.CS(=O)(=O)O. The minimum absolute atomic E-state index is 0.156. The van der Waals surface area contributed by atoms with Crippen molar-refractivity contribution in [2.75, 3.05) is 19.5 Å². The normalized spacial score (nSPS) is 11.5. The second-order valence-electron chi connectivity index (χ2n) is 11.2. The molecule has 3 rings (SSSR count). The predicted octanol–water partition coefficient (Wildman–Crippen LogP) is 6.25. The molecule has 3 aromatic carbocycles. The van der Waals surface area contributed by atoms with E-state index in [1.165, 1.54) is 0 Å². The fraction of sp³-hybridized carbons (Fsp3) is 0.355. The van der Waals surface area contributed by atoms with Gasteiger partial charge in [-0.05, 0) is 88.6 Å². The first-order valence-corrected chi connectivity index (χ1v) is 15.2. The van der Waals surface area contributed by atoms with Crippen molar-refractivity contribution in [2.45, 2.75) is 57.6 Å². The van der Waals surface area contributed by atoms with E-state index in [9.17, 15) is 18.0 Å². The largest absolute Gasteiger partial charge is 0.482 e. The zero-order chi connectivity index (χ0) is 31.7. The molecule has 0 atom stereocenters. The van der Waals surface area contributed by atoms with Crippen molar-refractivity contribution in [1.29, 1.82) is 0 Å². The lowest BCUT2D eigenvalue weighted by molar-refractivity contribution is -0.158. The molecule has 0 aliphatic carbocycles. The first kappa shape index (κ1) is 34.7. The van der Waals surface area contributed by atoms with E-state index >= 15 is 0 Å².